The molecule has 90 valence electrons. The van der Waals surface area contributed by atoms with Crippen LogP contribution in [0.4, 0.5) is 5.69 Å². The van der Waals surface area contributed by atoms with Gasteiger partial charge in [-0.15, -0.1) is 12.3 Å². The summed E-state index contributed by atoms with van der Waals surface area (Å²) in [5.41, 5.74) is 1.96. The molecule has 3 rings (SSSR count). The molecule has 1 aliphatic rings. The van der Waals surface area contributed by atoms with E-state index >= 15 is 0 Å². The van der Waals surface area contributed by atoms with Gasteiger partial charge < -0.3 is 4.90 Å². The maximum Gasteiger partial charge on any atom is 0.228 e. The minimum atomic E-state index is 0.0297. The van der Waals surface area contributed by atoms with Crippen LogP contribution in [0.3, 0.4) is 0 Å². The zero-order chi connectivity index (χ0) is 12.7. The Balaban J connectivity index is 2.00. The molecule has 0 saturated carbocycles. The Morgan fingerprint density at radius 1 is 1.50 bits per heavy atom. The molecule has 1 unspecified atom stereocenters. The summed E-state index contributed by atoms with van der Waals surface area (Å²) >= 11 is 0. The van der Waals surface area contributed by atoms with Gasteiger partial charge in [0.2, 0.25) is 5.91 Å². The fraction of sp³-hybridized carbons (Fsp3) is 0.286. The average Bonchev–Trinajstić information content (AvgIpc) is 2.93. The van der Waals surface area contributed by atoms with E-state index in [2.05, 4.69) is 11.0 Å². The lowest BCUT2D eigenvalue weighted by Crippen LogP contribution is -2.24. The molecule has 1 aromatic carbocycles. The number of carbonyl (C=O) groups excluding carboxylic acids is 1. The van der Waals surface area contributed by atoms with E-state index in [1.807, 2.05) is 29.9 Å². The summed E-state index contributed by atoms with van der Waals surface area (Å²) in [7, 11) is 1.90. The molecule has 2 aromatic rings. The standard InChI is InChI=1S/C14H13N3O/c1-3-10-6-14(18)17(9-10)12-4-5-13-11(7-12)8-15-16(13)2/h1,4-5,7-8,10H,6,9H2,2H3. The van der Waals surface area contributed by atoms with Gasteiger partial charge in [-0.1, -0.05) is 0 Å². The van der Waals surface area contributed by atoms with Crippen molar-refractivity contribution in [2.24, 2.45) is 13.0 Å². The van der Waals surface area contributed by atoms with Crippen LogP contribution in [0.5, 0.6) is 0 Å². The van der Waals surface area contributed by atoms with E-state index in [0.717, 1.165) is 16.6 Å². The number of nitrogens with zero attached hydrogens (tertiary/aromatic N) is 3. The van der Waals surface area contributed by atoms with Crippen LogP contribution < -0.4 is 4.90 Å². The van der Waals surface area contributed by atoms with E-state index in [9.17, 15) is 4.79 Å². The number of anilines is 1. The van der Waals surface area contributed by atoms with Crippen molar-refractivity contribution >= 4 is 22.5 Å². The molecule has 0 aliphatic carbocycles. The van der Waals surface area contributed by atoms with Crippen LogP contribution in [0, 0.1) is 18.3 Å². The second-order valence-corrected chi connectivity index (χ2v) is 4.58. The van der Waals surface area contributed by atoms with Crippen LogP contribution in [-0.4, -0.2) is 22.2 Å². The van der Waals surface area contributed by atoms with Crippen LogP contribution in [-0.2, 0) is 11.8 Å². The molecule has 0 spiro atoms. The van der Waals surface area contributed by atoms with Crippen molar-refractivity contribution in [2.45, 2.75) is 6.42 Å². The minimum absolute atomic E-state index is 0.0297. The molecule has 1 fully saturated rings. The second kappa shape index (κ2) is 3.88. The summed E-state index contributed by atoms with van der Waals surface area (Å²) in [6, 6.07) is 5.91. The molecule has 1 atom stereocenters. The van der Waals surface area contributed by atoms with Crippen molar-refractivity contribution in [1.29, 1.82) is 0 Å². The predicted octanol–water partition coefficient (Wildman–Crippen LogP) is 1.56. The number of aryl methyl sites for hydroxylation is 1. The van der Waals surface area contributed by atoms with Gasteiger partial charge in [0.25, 0.3) is 0 Å². The fourth-order valence-electron chi connectivity index (χ4n) is 2.39. The molecule has 4 heteroatoms. The number of aromatic nitrogens is 2. The monoisotopic (exact) mass is 239 g/mol. The van der Waals surface area contributed by atoms with Crippen molar-refractivity contribution in [3.8, 4) is 12.3 Å². The van der Waals surface area contributed by atoms with Gasteiger partial charge in [0.15, 0.2) is 0 Å². The topological polar surface area (TPSA) is 38.1 Å². The Morgan fingerprint density at radius 3 is 3.06 bits per heavy atom. The van der Waals surface area contributed by atoms with E-state index in [0.29, 0.717) is 13.0 Å². The van der Waals surface area contributed by atoms with Crippen molar-refractivity contribution < 1.29 is 4.79 Å². The molecule has 0 N–H and O–H groups in total. The fourth-order valence-corrected chi connectivity index (χ4v) is 2.39. The van der Waals surface area contributed by atoms with Crippen LogP contribution in [0.15, 0.2) is 24.4 Å². The third-order valence-corrected chi connectivity index (χ3v) is 3.40. The van der Waals surface area contributed by atoms with Crippen molar-refractivity contribution in [3.05, 3.63) is 24.4 Å². The third-order valence-electron chi connectivity index (χ3n) is 3.40. The maximum atomic E-state index is 11.9. The Hall–Kier alpha value is -2.28. The van der Waals surface area contributed by atoms with E-state index in [-0.39, 0.29) is 11.8 Å². The number of amides is 1. The van der Waals surface area contributed by atoms with Gasteiger partial charge >= 0.3 is 0 Å². The first kappa shape index (κ1) is 10.8. The highest BCUT2D eigenvalue weighted by molar-refractivity contribution is 5.98. The highest BCUT2D eigenvalue weighted by Gasteiger charge is 2.29. The van der Waals surface area contributed by atoms with Gasteiger partial charge in [-0.25, -0.2) is 0 Å². The van der Waals surface area contributed by atoms with E-state index < -0.39 is 0 Å². The first-order valence-electron chi connectivity index (χ1n) is 5.87. The van der Waals surface area contributed by atoms with Gasteiger partial charge in [0.1, 0.15) is 0 Å². The summed E-state index contributed by atoms with van der Waals surface area (Å²) in [6.07, 6.45) is 7.64. The Morgan fingerprint density at radius 2 is 2.33 bits per heavy atom. The molecule has 0 radical (unpaired) electrons. The van der Waals surface area contributed by atoms with E-state index in [1.165, 1.54) is 0 Å². The largest absolute Gasteiger partial charge is 0.311 e. The molecule has 0 bridgehead atoms. The van der Waals surface area contributed by atoms with Crippen LogP contribution in [0.25, 0.3) is 10.9 Å². The van der Waals surface area contributed by atoms with Crippen LogP contribution in [0.1, 0.15) is 6.42 Å². The third kappa shape index (κ3) is 1.56. The zero-order valence-electron chi connectivity index (χ0n) is 10.1. The van der Waals surface area contributed by atoms with Gasteiger partial charge in [-0.2, -0.15) is 5.10 Å². The molecule has 1 aromatic heterocycles. The SMILES string of the molecule is C#CC1CC(=O)N(c2ccc3c(cnn3C)c2)C1. The zero-order valence-corrected chi connectivity index (χ0v) is 10.1. The molecule has 4 nitrogen and oxygen atoms in total. The predicted molar refractivity (Wildman–Crippen MR) is 70.0 cm³/mol. The molecule has 1 saturated heterocycles. The molecule has 1 aliphatic heterocycles. The number of rotatable bonds is 1. The first-order chi connectivity index (χ1) is 8.69. The smallest absolute Gasteiger partial charge is 0.228 e. The van der Waals surface area contributed by atoms with E-state index in [1.54, 1.807) is 11.1 Å². The van der Waals surface area contributed by atoms with Gasteiger partial charge in [-0.3, -0.25) is 9.48 Å². The lowest BCUT2D eigenvalue weighted by Gasteiger charge is -2.15. The quantitative estimate of drug-likeness (QED) is 0.708. The molecular formula is C14H13N3O. The van der Waals surface area contributed by atoms with Gasteiger partial charge in [-0.05, 0) is 18.2 Å². The summed E-state index contributed by atoms with van der Waals surface area (Å²) in [4.78, 5) is 13.7. The second-order valence-electron chi connectivity index (χ2n) is 4.58. The Labute approximate surface area is 105 Å². The number of terminal acetylenes is 1. The van der Waals surface area contributed by atoms with Gasteiger partial charge in [0.05, 0.1) is 11.7 Å². The van der Waals surface area contributed by atoms with Crippen molar-refractivity contribution in [2.75, 3.05) is 11.4 Å². The number of benzene rings is 1. The average molecular weight is 239 g/mol. The normalized spacial score (nSPS) is 19.4. The molecule has 18 heavy (non-hydrogen) atoms. The number of hydrogen-bond donors (Lipinski definition) is 0. The van der Waals surface area contributed by atoms with Crippen molar-refractivity contribution in [3.63, 3.8) is 0 Å². The van der Waals surface area contributed by atoms with Crippen LogP contribution >= 0.6 is 0 Å². The highest BCUT2D eigenvalue weighted by Crippen LogP contribution is 2.27. The van der Waals surface area contributed by atoms with Gasteiger partial charge in [0, 0.05) is 37.0 Å². The van der Waals surface area contributed by atoms with E-state index in [4.69, 9.17) is 6.42 Å². The maximum absolute atomic E-state index is 11.9. The lowest BCUT2D eigenvalue weighted by atomic mass is 10.1. The van der Waals surface area contributed by atoms with Crippen molar-refractivity contribution in [1.82, 2.24) is 9.78 Å². The summed E-state index contributed by atoms with van der Waals surface area (Å²) in [6.45, 7) is 0.612. The number of hydrogen-bond acceptors (Lipinski definition) is 2. The lowest BCUT2D eigenvalue weighted by molar-refractivity contribution is -0.117. The van der Waals surface area contributed by atoms with Crippen LogP contribution in [0.2, 0.25) is 0 Å². The number of fused-ring (bicyclic) bond motifs is 1. The molecule has 2 heterocycles. The Kier molecular flexibility index (Phi) is 2.34. The summed E-state index contributed by atoms with van der Waals surface area (Å²) < 4.78 is 1.81. The Bertz CT molecular complexity index is 665. The summed E-state index contributed by atoms with van der Waals surface area (Å²) in [5, 5.41) is 5.23. The highest BCUT2D eigenvalue weighted by atomic mass is 16.2. The number of carbonyl (C=O) groups is 1. The summed E-state index contributed by atoms with van der Waals surface area (Å²) in [5.74, 6) is 2.78. The minimum Gasteiger partial charge on any atom is -0.311 e. The molecular weight excluding hydrogens is 226 g/mol. The first-order valence-corrected chi connectivity index (χ1v) is 5.87. The molecule has 1 amide bonds.